The molecule has 0 atom stereocenters. The molecule has 1 heterocycles. The molecular formula is C69H113NO4. The van der Waals surface area contributed by atoms with Crippen molar-refractivity contribution >= 4 is 24.3 Å². The molecule has 0 bridgehead atoms. The molecule has 0 radical (unpaired) electrons. The molecule has 5 nitrogen and oxygen atoms in total. The number of pyridine rings is 1. The maximum atomic E-state index is 6.47. The van der Waals surface area contributed by atoms with Gasteiger partial charge in [0.05, 0.1) is 37.8 Å². The molecule has 0 aliphatic heterocycles. The first-order chi connectivity index (χ1) is 36.7. The summed E-state index contributed by atoms with van der Waals surface area (Å²) in [4.78, 5) is 5.00. The van der Waals surface area contributed by atoms with Crippen LogP contribution in [0.25, 0.3) is 24.3 Å². The van der Waals surface area contributed by atoms with Crippen LogP contribution >= 0.6 is 0 Å². The van der Waals surface area contributed by atoms with Crippen LogP contribution in [-0.4, -0.2) is 31.4 Å². The molecule has 5 heteroatoms. The lowest BCUT2D eigenvalue weighted by Crippen LogP contribution is -2.03. The third-order valence-electron chi connectivity index (χ3n) is 14.6. The van der Waals surface area contributed by atoms with Crippen LogP contribution < -0.4 is 18.9 Å². The van der Waals surface area contributed by atoms with Gasteiger partial charge < -0.3 is 18.9 Å². The van der Waals surface area contributed by atoms with Crippen LogP contribution in [0.15, 0.2) is 54.6 Å². The largest absolute Gasteiger partial charge is 0.490 e. The van der Waals surface area contributed by atoms with Gasteiger partial charge >= 0.3 is 0 Å². The van der Waals surface area contributed by atoms with Crippen molar-refractivity contribution in [2.45, 2.75) is 285 Å². The van der Waals surface area contributed by atoms with E-state index in [4.69, 9.17) is 23.9 Å². The van der Waals surface area contributed by atoms with Crippen molar-refractivity contribution in [1.82, 2.24) is 4.98 Å². The normalized spacial score (nSPS) is 11.6. The zero-order valence-corrected chi connectivity index (χ0v) is 48.7. The SMILES string of the molecule is CCCCCCCCCCCCOc1ccc(/C=C/c2cccc(/C=C/c3ccc(OCCCCCCCCCCCC)c(OCCCCCCCCCCCC)c3)n2)cc1OCCCCCCCCCCCC. The second kappa shape index (κ2) is 47.7. The lowest BCUT2D eigenvalue weighted by molar-refractivity contribution is 0.258. The van der Waals surface area contributed by atoms with Gasteiger partial charge in [0, 0.05) is 0 Å². The molecular weight excluding hydrogens is 907 g/mol. The van der Waals surface area contributed by atoms with Crippen molar-refractivity contribution in [1.29, 1.82) is 0 Å². The van der Waals surface area contributed by atoms with Crippen LogP contribution in [-0.2, 0) is 0 Å². The highest BCUT2D eigenvalue weighted by Gasteiger charge is 2.09. The van der Waals surface area contributed by atoms with E-state index in [1.807, 2.05) is 0 Å². The van der Waals surface area contributed by atoms with Crippen LogP contribution in [0.5, 0.6) is 23.0 Å². The van der Waals surface area contributed by atoms with Crippen LogP contribution in [0.4, 0.5) is 0 Å². The van der Waals surface area contributed by atoms with Crippen molar-refractivity contribution in [2.75, 3.05) is 26.4 Å². The Labute approximate surface area is 457 Å². The van der Waals surface area contributed by atoms with Crippen molar-refractivity contribution in [3.63, 3.8) is 0 Å². The molecule has 0 amide bonds. The smallest absolute Gasteiger partial charge is 0.161 e. The van der Waals surface area contributed by atoms with E-state index in [1.165, 1.54) is 231 Å². The van der Waals surface area contributed by atoms with Crippen LogP contribution in [0.2, 0.25) is 0 Å². The second-order valence-corrected chi connectivity index (χ2v) is 21.7. The fraction of sp³-hybridized carbons (Fsp3) is 0.696. The molecule has 0 saturated heterocycles. The minimum atomic E-state index is 0.719. The molecule has 418 valence electrons. The van der Waals surface area contributed by atoms with E-state index < -0.39 is 0 Å². The molecule has 3 rings (SSSR count). The lowest BCUT2D eigenvalue weighted by atomic mass is 10.1. The van der Waals surface area contributed by atoms with Gasteiger partial charge in [-0.1, -0.05) is 289 Å². The zero-order chi connectivity index (χ0) is 52.5. The minimum absolute atomic E-state index is 0.719. The Hall–Kier alpha value is -3.73. The van der Waals surface area contributed by atoms with E-state index in [1.54, 1.807) is 0 Å². The molecule has 0 saturated carbocycles. The fourth-order valence-electron chi connectivity index (χ4n) is 9.82. The molecule has 2 aromatic carbocycles. The van der Waals surface area contributed by atoms with E-state index in [0.29, 0.717) is 0 Å². The number of hydrogen-bond donors (Lipinski definition) is 0. The minimum Gasteiger partial charge on any atom is -0.490 e. The average molecular weight is 1020 g/mol. The molecule has 74 heavy (non-hydrogen) atoms. The Morgan fingerprint density at radius 3 is 0.784 bits per heavy atom. The third kappa shape index (κ3) is 34.8. The molecule has 0 spiro atoms. The molecule has 0 fully saturated rings. The summed E-state index contributed by atoms with van der Waals surface area (Å²) in [5, 5.41) is 0. The Bertz CT molecular complexity index is 1660. The quantitative estimate of drug-likeness (QED) is 0.0528. The van der Waals surface area contributed by atoms with E-state index in [9.17, 15) is 0 Å². The first kappa shape index (κ1) is 64.6. The van der Waals surface area contributed by atoms with Gasteiger partial charge in [0.1, 0.15) is 0 Å². The van der Waals surface area contributed by atoms with Crippen molar-refractivity contribution < 1.29 is 18.9 Å². The predicted molar refractivity (Wildman–Crippen MR) is 324 cm³/mol. The topological polar surface area (TPSA) is 49.8 Å². The predicted octanol–water partition coefficient (Wildman–Crippen LogP) is 22.6. The van der Waals surface area contributed by atoms with E-state index >= 15 is 0 Å². The Balaban J connectivity index is 1.59. The number of rotatable bonds is 52. The summed E-state index contributed by atoms with van der Waals surface area (Å²) in [6.45, 7) is 12.1. The van der Waals surface area contributed by atoms with Gasteiger partial charge in [-0.05, 0) is 85.4 Å². The van der Waals surface area contributed by atoms with Crippen molar-refractivity contribution in [2.24, 2.45) is 0 Å². The summed E-state index contributed by atoms with van der Waals surface area (Å²) in [5.41, 5.74) is 3.99. The molecule has 1 aromatic heterocycles. The highest BCUT2D eigenvalue weighted by molar-refractivity contribution is 5.72. The van der Waals surface area contributed by atoms with Crippen LogP contribution in [0.1, 0.15) is 307 Å². The van der Waals surface area contributed by atoms with E-state index in [-0.39, 0.29) is 0 Å². The van der Waals surface area contributed by atoms with Gasteiger partial charge in [-0.15, -0.1) is 0 Å². The van der Waals surface area contributed by atoms with Gasteiger partial charge in [-0.25, -0.2) is 4.98 Å². The number of aromatic nitrogens is 1. The third-order valence-corrected chi connectivity index (χ3v) is 14.6. The van der Waals surface area contributed by atoms with Crippen molar-refractivity contribution in [3.05, 3.63) is 77.1 Å². The van der Waals surface area contributed by atoms with E-state index in [2.05, 4.69) is 107 Å². The molecule has 0 unspecified atom stereocenters. The maximum absolute atomic E-state index is 6.47. The standard InChI is InChI=1S/C69H113NO4/c1-5-9-13-17-21-25-29-33-37-41-56-71-66-54-50-62(60-68(66)73-58-43-39-35-31-27-23-19-15-11-7-3)48-52-64-46-45-47-65(70-64)53-49-63-51-55-67(72-57-42-38-34-30-26-22-18-14-10-6-2)69(61-63)74-59-44-40-36-32-28-24-20-16-12-8-4/h45-55,60-61H,5-44,56-59H2,1-4H3/b52-48+,53-49+. The van der Waals surface area contributed by atoms with Gasteiger partial charge in [0.15, 0.2) is 23.0 Å². The van der Waals surface area contributed by atoms with Crippen molar-refractivity contribution in [3.8, 4) is 23.0 Å². The molecule has 3 aromatic rings. The Kier molecular flexibility index (Phi) is 41.6. The monoisotopic (exact) mass is 1020 g/mol. The zero-order valence-electron chi connectivity index (χ0n) is 48.7. The molecule has 0 N–H and O–H groups in total. The molecule has 0 aliphatic rings. The van der Waals surface area contributed by atoms with Gasteiger partial charge in [-0.3, -0.25) is 0 Å². The number of ether oxygens (including phenoxy) is 4. The Morgan fingerprint density at radius 1 is 0.270 bits per heavy atom. The summed E-state index contributed by atoms with van der Waals surface area (Å²) in [7, 11) is 0. The summed E-state index contributed by atoms with van der Waals surface area (Å²) >= 11 is 0. The number of nitrogens with zero attached hydrogens (tertiary/aromatic N) is 1. The summed E-state index contributed by atoms with van der Waals surface area (Å²) < 4.78 is 25.7. The average Bonchev–Trinajstić information content (AvgIpc) is 3.42. The maximum Gasteiger partial charge on any atom is 0.161 e. The summed E-state index contributed by atoms with van der Waals surface area (Å²) in [5.74, 6) is 3.41. The van der Waals surface area contributed by atoms with Gasteiger partial charge in [0.2, 0.25) is 0 Å². The highest BCUT2D eigenvalue weighted by Crippen LogP contribution is 2.32. The first-order valence-electron chi connectivity index (χ1n) is 31.8. The summed E-state index contributed by atoms with van der Waals surface area (Å²) in [6, 6.07) is 19.0. The van der Waals surface area contributed by atoms with Crippen LogP contribution in [0, 0.1) is 0 Å². The number of benzene rings is 2. The molecule has 0 aliphatic carbocycles. The summed E-state index contributed by atoms with van der Waals surface area (Å²) in [6.07, 6.45) is 61.2. The first-order valence-corrected chi connectivity index (χ1v) is 31.8. The Morgan fingerprint density at radius 2 is 0.514 bits per heavy atom. The number of unbranched alkanes of at least 4 members (excludes halogenated alkanes) is 36. The van der Waals surface area contributed by atoms with E-state index in [0.717, 1.165) is 97.6 Å². The second-order valence-electron chi connectivity index (χ2n) is 21.7. The number of hydrogen-bond acceptors (Lipinski definition) is 5. The fourth-order valence-corrected chi connectivity index (χ4v) is 9.82. The lowest BCUT2D eigenvalue weighted by Gasteiger charge is -2.14. The van der Waals surface area contributed by atoms with Gasteiger partial charge in [0.25, 0.3) is 0 Å². The van der Waals surface area contributed by atoms with Crippen LogP contribution in [0.3, 0.4) is 0 Å². The highest BCUT2D eigenvalue weighted by atomic mass is 16.5. The van der Waals surface area contributed by atoms with Gasteiger partial charge in [-0.2, -0.15) is 0 Å².